The zero-order chi connectivity index (χ0) is 38.8. The van der Waals surface area contributed by atoms with Crippen LogP contribution < -0.4 is 20.2 Å². The van der Waals surface area contributed by atoms with Crippen LogP contribution in [0.2, 0.25) is 0 Å². The number of fused-ring (bicyclic) bond motifs is 3. The van der Waals surface area contributed by atoms with E-state index in [-0.39, 0.29) is 0 Å². The molecule has 0 aliphatic rings. The third-order valence-corrected chi connectivity index (χ3v) is 12.3. The Hall–Kier alpha value is -6.20. The smallest absolute Gasteiger partial charge is 0.137 e. The molecule has 0 saturated heterocycles. The largest absolute Gasteiger partial charge is 0.493 e. The molecule has 8 aromatic rings. The van der Waals surface area contributed by atoms with Gasteiger partial charge in [-0.15, -0.1) is 22.7 Å². The van der Waals surface area contributed by atoms with Gasteiger partial charge in [0.05, 0.1) is 55.7 Å². The molecule has 0 saturated carbocycles. The van der Waals surface area contributed by atoms with E-state index in [2.05, 4.69) is 49.8 Å². The van der Waals surface area contributed by atoms with Crippen molar-refractivity contribution < 1.29 is 9.47 Å². The third-order valence-electron chi connectivity index (χ3n) is 10.2. The van der Waals surface area contributed by atoms with E-state index in [1.54, 1.807) is 0 Å². The van der Waals surface area contributed by atoms with Gasteiger partial charge in [-0.05, 0) is 95.8 Å². The summed E-state index contributed by atoms with van der Waals surface area (Å²) in [4.78, 5) is 17.2. The quantitative estimate of drug-likeness (QED) is 0.127. The molecule has 0 fully saturated rings. The normalized spacial score (nSPS) is 13.7. The van der Waals surface area contributed by atoms with E-state index < -0.39 is 0 Å². The van der Waals surface area contributed by atoms with Crippen molar-refractivity contribution in [2.24, 2.45) is 11.8 Å². The number of benzene rings is 4. The number of rotatable bonds is 12. The average molecular weight is 773 g/mol. The van der Waals surface area contributed by atoms with Crippen molar-refractivity contribution in [3.8, 4) is 46.2 Å². The Kier molecular flexibility index (Phi) is 10.4. The summed E-state index contributed by atoms with van der Waals surface area (Å²) in [5, 5.41) is 25.9. The molecule has 56 heavy (non-hydrogen) atoms. The van der Waals surface area contributed by atoms with Gasteiger partial charge in [0, 0.05) is 10.8 Å². The van der Waals surface area contributed by atoms with Gasteiger partial charge in [-0.1, -0.05) is 64.8 Å². The van der Waals surface area contributed by atoms with Gasteiger partial charge in [0.1, 0.15) is 44.8 Å². The molecule has 4 heterocycles. The van der Waals surface area contributed by atoms with Crippen LogP contribution in [0.25, 0.3) is 64.9 Å². The molecule has 278 valence electrons. The molecule has 2 unspecified atom stereocenters. The van der Waals surface area contributed by atoms with Gasteiger partial charge in [0.2, 0.25) is 0 Å². The number of ether oxygens (including phenoxy) is 2. The van der Waals surface area contributed by atoms with Crippen molar-refractivity contribution in [1.29, 1.82) is 10.5 Å². The highest BCUT2D eigenvalue weighted by molar-refractivity contribution is 7.20. The molecule has 0 amide bonds. The Morgan fingerprint density at radius 3 is 1.36 bits per heavy atom. The van der Waals surface area contributed by atoms with Gasteiger partial charge in [-0.2, -0.15) is 10.5 Å². The monoisotopic (exact) mass is 772 g/mol. The van der Waals surface area contributed by atoms with E-state index in [0.29, 0.717) is 56.9 Å². The predicted octanol–water partition coefficient (Wildman–Crippen LogP) is 10.3. The second kappa shape index (κ2) is 15.9. The van der Waals surface area contributed by atoms with Crippen LogP contribution >= 0.6 is 22.7 Å². The fourth-order valence-corrected chi connectivity index (χ4v) is 8.52. The van der Waals surface area contributed by atoms with Crippen LogP contribution in [0.3, 0.4) is 0 Å². The Labute approximate surface area is 333 Å². The number of H-pyrrole nitrogens is 2. The van der Waals surface area contributed by atoms with Crippen LogP contribution in [0.5, 0.6) is 11.5 Å². The zero-order valence-electron chi connectivity index (χ0n) is 31.6. The number of hydrogen-bond donors (Lipinski definition) is 2. The first-order valence-electron chi connectivity index (χ1n) is 18.9. The number of aromatic amines is 2. The maximum absolute atomic E-state index is 11.0. The van der Waals surface area contributed by atoms with Gasteiger partial charge < -0.3 is 19.4 Å². The number of nitrogens with zero attached hydrogens (tertiary/aromatic N) is 4. The number of hydrogen-bond acceptors (Lipinski definition) is 8. The van der Waals surface area contributed by atoms with Crippen LogP contribution in [0.4, 0.5) is 0 Å². The molecule has 0 aliphatic carbocycles. The molecule has 0 radical (unpaired) electrons. The lowest BCUT2D eigenvalue weighted by Crippen LogP contribution is -2.10. The third kappa shape index (κ3) is 7.06. The van der Waals surface area contributed by atoms with Gasteiger partial charge in [0.25, 0.3) is 0 Å². The van der Waals surface area contributed by atoms with Gasteiger partial charge in [-0.25, -0.2) is 9.97 Å². The summed E-state index contributed by atoms with van der Waals surface area (Å²) >= 11 is 2.96. The number of thiazole rings is 2. The highest BCUT2D eigenvalue weighted by atomic mass is 32.1. The Morgan fingerprint density at radius 1 is 0.607 bits per heavy atom. The zero-order valence-corrected chi connectivity index (χ0v) is 33.3. The molecule has 4 aromatic heterocycles. The molecule has 10 heteroatoms. The lowest BCUT2D eigenvalue weighted by Gasteiger charge is -2.11. The minimum Gasteiger partial charge on any atom is -0.493 e. The molecule has 0 spiro atoms. The van der Waals surface area contributed by atoms with Gasteiger partial charge >= 0.3 is 0 Å². The Balaban J connectivity index is 1.44. The van der Waals surface area contributed by atoms with Crippen LogP contribution in [0.1, 0.15) is 50.6 Å². The molecular formula is C46H40N6O2S2. The summed E-state index contributed by atoms with van der Waals surface area (Å²) in [6.45, 7) is 9.92. The average Bonchev–Trinajstić information content (AvgIpc) is 4.03. The van der Waals surface area contributed by atoms with E-state index in [4.69, 9.17) is 19.4 Å². The maximum atomic E-state index is 11.0. The first kappa shape index (κ1) is 36.8. The fourth-order valence-electron chi connectivity index (χ4n) is 6.59. The standard InChI is InChI=1S/C46H40N6O2S2/c1-5-27(3)25-53-31-19-15-29(16-20-31)41-39-40(44(51-41)34(24-48)46-50-36-12-8-10-14-38(36)56-46)42(30-17-21-32(22-18-30)54-26-28(4)6-2)52-43(39)33(23-47)45-49-35-11-7-9-13-37(35)55-45/h7-22,27-28,51-52H,5-6,25-26H2,1-4H3. The van der Waals surface area contributed by atoms with Gasteiger partial charge in [-0.3, -0.25) is 0 Å². The Morgan fingerprint density at radius 2 is 1.00 bits per heavy atom. The molecule has 0 aliphatic heterocycles. The topological polar surface area (TPSA) is 123 Å². The molecule has 0 bridgehead atoms. The summed E-state index contributed by atoms with van der Waals surface area (Å²) in [7, 11) is 0. The number of nitrogens with one attached hydrogen (secondary N) is 2. The summed E-state index contributed by atoms with van der Waals surface area (Å²) < 4.78 is 14.2. The minimum absolute atomic E-state index is 0.412. The predicted molar refractivity (Wildman–Crippen MR) is 228 cm³/mol. The SMILES string of the molecule is CCC(C)COc1ccc(-c2[nH]c(=C(C#N)c3nc4ccccc4s3)c3c(-c4ccc(OCC(C)CC)cc4)[nH]c(=C(C#N)c4nc5ccccc5s4)c23)cc1. The van der Waals surface area contributed by atoms with Crippen molar-refractivity contribution >= 4 is 65.0 Å². The van der Waals surface area contributed by atoms with Crippen LogP contribution in [-0.2, 0) is 0 Å². The second-order valence-electron chi connectivity index (χ2n) is 14.1. The minimum atomic E-state index is 0.412. The van der Waals surface area contributed by atoms with E-state index in [0.717, 1.165) is 78.1 Å². The first-order valence-corrected chi connectivity index (χ1v) is 20.5. The summed E-state index contributed by atoms with van der Waals surface area (Å²) in [6, 6.07) is 36.8. The van der Waals surface area contributed by atoms with Crippen molar-refractivity contribution in [1.82, 2.24) is 19.9 Å². The number of para-hydroxylation sites is 2. The highest BCUT2D eigenvalue weighted by Gasteiger charge is 2.24. The van der Waals surface area contributed by atoms with Crippen molar-refractivity contribution in [3.63, 3.8) is 0 Å². The van der Waals surface area contributed by atoms with E-state index in [1.807, 2.05) is 97.1 Å². The van der Waals surface area contributed by atoms with Crippen LogP contribution in [0, 0.1) is 34.5 Å². The van der Waals surface area contributed by atoms with Crippen molar-refractivity contribution in [2.45, 2.75) is 40.5 Å². The Bertz CT molecular complexity index is 2640. The molecule has 2 atom stereocenters. The number of aromatic nitrogens is 4. The van der Waals surface area contributed by atoms with Crippen molar-refractivity contribution in [2.75, 3.05) is 13.2 Å². The number of nitriles is 2. The summed E-state index contributed by atoms with van der Waals surface area (Å²) in [5.41, 5.74) is 5.76. The molecule has 4 aromatic carbocycles. The van der Waals surface area contributed by atoms with E-state index in [1.165, 1.54) is 22.7 Å². The summed E-state index contributed by atoms with van der Waals surface area (Å²) in [6.07, 6.45) is 2.07. The van der Waals surface area contributed by atoms with E-state index in [9.17, 15) is 10.5 Å². The first-order chi connectivity index (χ1) is 27.4. The molecule has 8 nitrogen and oxygen atoms in total. The second-order valence-corrected chi connectivity index (χ2v) is 16.2. The van der Waals surface area contributed by atoms with E-state index >= 15 is 0 Å². The van der Waals surface area contributed by atoms with Crippen LogP contribution in [-0.4, -0.2) is 33.1 Å². The summed E-state index contributed by atoms with van der Waals surface area (Å²) in [5.74, 6) is 2.43. The molecular weight excluding hydrogens is 733 g/mol. The van der Waals surface area contributed by atoms with Crippen molar-refractivity contribution in [3.05, 3.63) is 118 Å². The molecule has 8 rings (SSSR count). The highest BCUT2D eigenvalue weighted by Crippen LogP contribution is 2.35. The molecule has 2 N–H and O–H groups in total. The van der Waals surface area contributed by atoms with Gasteiger partial charge in [0.15, 0.2) is 0 Å². The van der Waals surface area contributed by atoms with Crippen LogP contribution in [0.15, 0.2) is 97.1 Å². The fraction of sp³-hybridized carbons (Fsp3) is 0.217. The maximum Gasteiger partial charge on any atom is 0.137 e. The lowest BCUT2D eigenvalue weighted by molar-refractivity contribution is 0.256. The lowest BCUT2D eigenvalue weighted by atomic mass is 10.0.